The number of aromatic nitrogens is 5. The van der Waals surface area contributed by atoms with Gasteiger partial charge >= 0.3 is 0 Å². The quantitative estimate of drug-likeness (QED) is 0.0892. The maximum atomic E-state index is 13.5. The number of rotatable bonds is 12. The van der Waals surface area contributed by atoms with Crippen molar-refractivity contribution in [2.75, 3.05) is 41.9 Å². The first kappa shape index (κ1) is 41.1. The van der Waals surface area contributed by atoms with E-state index in [1.807, 2.05) is 17.2 Å². The second-order valence-corrected chi connectivity index (χ2v) is 16.4. The molecule has 0 unspecified atom stereocenters. The predicted molar refractivity (Wildman–Crippen MR) is 234 cm³/mol. The van der Waals surface area contributed by atoms with Crippen LogP contribution in [-0.4, -0.2) is 90.2 Å². The number of amides is 4. The van der Waals surface area contributed by atoms with Crippen LogP contribution in [0.15, 0.2) is 78.3 Å². The van der Waals surface area contributed by atoms with Gasteiger partial charge in [0.15, 0.2) is 17.3 Å². The van der Waals surface area contributed by atoms with Crippen molar-refractivity contribution >= 4 is 75.2 Å². The number of nitrogens with zero attached hydrogens (tertiary/aromatic N) is 7. The molecule has 0 radical (unpaired) electrons. The van der Waals surface area contributed by atoms with Crippen molar-refractivity contribution in [2.24, 2.45) is 31.6 Å². The fourth-order valence-corrected chi connectivity index (χ4v) is 8.00. The summed E-state index contributed by atoms with van der Waals surface area (Å²) in [7, 11) is 6.51. The number of carbonyl (C=O) groups is 5. The van der Waals surface area contributed by atoms with Crippen LogP contribution < -0.4 is 31.2 Å². The number of imidazole rings is 1. The topological polar surface area (TPSA) is 214 Å². The highest BCUT2D eigenvalue weighted by molar-refractivity contribution is 6.08. The minimum Gasteiger partial charge on any atom is -0.493 e. The molecule has 0 bridgehead atoms. The number of benzene rings is 2. The van der Waals surface area contributed by atoms with E-state index in [1.165, 1.54) is 28.5 Å². The molecule has 0 aliphatic carbocycles. The highest BCUT2D eigenvalue weighted by Gasteiger charge is 2.41. The summed E-state index contributed by atoms with van der Waals surface area (Å²) < 4.78 is 17.7. The summed E-state index contributed by atoms with van der Waals surface area (Å²) in [6.45, 7) is 5.11. The molecule has 6 heterocycles. The van der Waals surface area contributed by atoms with Gasteiger partial charge < -0.3 is 49.8 Å². The van der Waals surface area contributed by atoms with E-state index in [0.29, 0.717) is 64.0 Å². The number of nitrogens with two attached hydrogens (primary N) is 1. The Bertz CT molecular complexity index is 2820. The van der Waals surface area contributed by atoms with Gasteiger partial charge in [-0.1, -0.05) is 13.8 Å². The monoisotopic (exact) mass is 841 g/mol. The summed E-state index contributed by atoms with van der Waals surface area (Å²) in [5.74, 6) is -0.696. The molecule has 18 nitrogen and oxygen atoms in total. The van der Waals surface area contributed by atoms with Crippen LogP contribution in [0, 0.1) is 5.41 Å². The summed E-state index contributed by atoms with van der Waals surface area (Å²) in [6, 6.07) is 13.5. The third-order valence-corrected chi connectivity index (χ3v) is 11.0. The number of aliphatic imine (C=N–C) groups is 1. The summed E-state index contributed by atoms with van der Waals surface area (Å²) in [6.07, 6.45) is 9.54. The summed E-state index contributed by atoms with van der Waals surface area (Å²) in [5.41, 5.74) is 9.52. The number of nitrogen functional groups attached to an aromatic ring is 1. The van der Waals surface area contributed by atoms with Gasteiger partial charge in [-0.05, 0) is 60.7 Å². The van der Waals surface area contributed by atoms with Gasteiger partial charge in [-0.25, -0.2) is 4.98 Å². The molecule has 2 aliphatic heterocycles. The van der Waals surface area contributed by atoms with Gasteiger partial charge in [-0.3, -0.25) is 33.5 Å². The largest absolute Gasteiger partial charge is 0.493 e. The maximum absolute atomic E-state index is 13.5. The van der Waals surface area contributed by atoms with Crippen LogP contribution >= 0.6 is 0 Å². The standard InChI is InChI=1S/C44H47N11O7/c1-44(2)19-29-20-46-31-18-36(35(61-6)17-30(31)42(59)55(29)24-44)62-13-7-8-38(56)49-37-23-53(5)39(50-37)41(58)48-27-15-33(51(3)21-27)40(57)47-28-16-34(52(4)22-28)43(60)54-12-11-25-14-26(45)9-10-32(25)54/h9-12,14-18,20-23,29H,7-8,13,19,24,45H2,1-6H3,(H,47,57)(H,48,58)(H,49,56)/t29-/m0/s1. The number of methoxy groups -OCH3 is 1. The number of hydrogen-bond acceptors (Lipinski definition) is 10. The second kappa shape index (κ2) is 16.1. The van der Waals surface area contributed by atoms with E-state index in [-0.39, 0.29) is 59.5 Å². The minimum atomic E-state index is -0.560. The van der Waals surface area contributed by atoms with Gasteiger partial charge in [0.25, 0.3) is 23.6 Å². The average molecular weight is 842 g/mol. The van der Waals surface area contributed by atoms with E-state index < -0.39 is 11.8 Å². The van der Waals surface area contributed by atoms with E-state index >= 15 is 0 Å². The van der Waals surface area contributed by atoms with E-state index in [9.17, 15) is 24.0 Å². The van der Waals surface area contributed by atoms with Crippen LogP contribution in [-0.2, 0) is 25.9 Å². The first-order chi connectivity index (χ1) is 29.6. The Morgan fingerprint density at radius 3 is 2.35 bits per heavy atom. The van der Waals surface area contributed by atoms with Crippen LogP contribution in [0.4, 0.5) is 28.6 Å². The molecule has 62 heavy (non-hydrogen) atoms. The van der Waals surface area contributed by atoms with Crippen LogP contribution in [0.2, 0.25) is 0 Å². The zero-order valence-electron chi connectivity index (χ0n) is 35.2. The second-order valence-electron chi connectivity index (χ2n) is 16.4. The number of nitrogens with one attached hydrogen (secondary N) is 3. The van der Waals surface area contributed by atoms with Gasteiger partial charge in [0.1, 0.15) is 11.4 Å². The highest BCUT2D eigenvalue weighted by Crippen LogP contribution is 2.41. The fourth-order valence-electron chi connectivity index (χ4n) is 8.00. The van der Waals surface area contributed by atoms with Crippen molar-refractivity contribution < 1.29 is 33.4 Å². The zero-order chi connectivity index (χ0) is 44.0. The molecule has 0 spiro atoms. The molecule has 320 valence electrons. The van der Waals surface area contributed by atoms with E-state index in [2.05, 4.69) is 39.8 Å². The number of hydrogen-bond donors (Lipinski definition) is 4. The van der Waals surface area contributed by atoms with Crippen molar-refractivity contribution in [1.29, 1.82) is 0 Å². The molecule has 1 atom stereocenters. The molecule has 2 aromatic carbocycles. The summed E-state index contributed by atoms with van der Waals surface area (Å²) >= 11 is 0. The maximum Gasteiger partial charge on any atom is 0.291 e. The number of fused-ring (bicyclic) bond motifs is 3. The Morgan fingerprint density at radius 1 is 0.871 bits per heavy atom. The highest BCUT2D eigenvalue weighted by atomic mass is 16.5. The Morgan fingerprint density at radius 2 is 1.60 bits per heavy atom. The van der Waals surface area contributed by atoms with Gasteiger partial charge in [0.2, 0.25) is 11.7 Å². The van der Waals surface area contributed by atoms with Crippen LogP contribution in [0.5, 0.6) is 11.5 Å². The van der Waals surface area contributed by atoms with Crippen LogP contribution in [0.1, 0.15) is 75.1 Å². The lowest BCUT2D eigenvalue weighted by atomic mass is 9.91. The van der Waals surface area contributed by atoms with Crippen molar-refractivity contribution in [2.45, 2.75) is 39.2 Å². The SMILES string of the molecule is COc1cc2c(cc1OCCCC(=O)Nc1cn(C)c(C(=O)Nc3cc(C(=O)Nc4cc(C(=O)n5ccc6cc(N)ccc65)n(C)c4)n(C)c3)n1)N=C[C@@H]1CC(C)(C)CN1C2=O. The molecule has 8 rings (SSSR count). The first-order valence-electron chi connectivity index (χ1n) is 20.0. The normalized spacial score (nSPS) is 15.2. The van der Waals surface area contributed by atoms with Crippen LogP contribution in [0.3, 0.4) is 0 Å². The molecule has 4 aromatic heterocycles. The van der Waals surface area contributed by atoms with Gasteiger partial charge in [-0.15, -0.1) is 0 Å². The zero-order valence-corrected chi connectivity index (χ0v) is 35.2. The molecule has 0 saturated carbocycles. The van der Waals surface area contributed by atoms with Crippen molar-refractivity contribution in [3.05, 3.63) is 96.1 Å². The van der Waals surface area contributed by atoms with Crippen LogP contribution in [0.25, 0.3) is 10.9 Å². The fraction of sp³-hybridized carbons (Fsp3) is 0.295. The summed E-state index contributed by atoms with van der Waals surface area (Å²) in [4.78, 5) is 77.2. The van der Waals surface area contributed by atoms with E-state index in [1.54, 1.807) is 85.3 Å². The lowest BCUT2D eigenvalue weighted by Crippen LogP contribution is -2.36. The minimum absolute atomic E-state index is 0.00734. The number of anilines is 4. The van der Waals surface area contributed by atoms with Gasteiger partial charge in [0, 0.05) is 82.3 Å². The smallest absolute Gasteiger partial charge is 0.291 e. The third-order valence-electron chi connectivity index (χ3n) is 11.0. The first-order valence-corrected chi connectivity index (χ1v) is 20.0. The Hall–Kier alpha value is -7.63. The lowest BCUT2D eigenvalue weighted by molar-refractivity contribution is -0.116. The molecule has 2 aliphatic rings. The average Bonchev–Trinajstić information content (AvgIpc) is 4.04. The molecule has 1 saturated heterocycles. The Balaban J connectivity index is 0.834. The predicted octanol–water partition coefficient (Wildman–Crippen LogP) is 5.59. The van der Waals surface area contributed by atoms with Crippen molar-refractivity contribution in [3.8, 4) is 11.5 Å². The Kier molecular flexibility index (Phi) is 10.7. The molecule has 4 amide bonds. The van der Waals surface area contributed by atoms with E-state index in [4.69, 9.17) is 15.2 Å². The number of carbonyl (C=O) groups excluding carboxylic acids is 5. The van der Waals surface area contributed by atoms with Crippen molar-refractivity contribution in [3.63, 3.8) is 0 Å². The number of aryl methyl sites for hydroxylation is 3. The molecular formula is C44H47N11O7. The molecule has 6 aromatic rings. The summed E-state index contributed by atoms with van der Waals surface area (Å²) in [5, 5.41) is 9.15. The molecular weight excluding hydrogens is 795 g/mol. The van der Waals surface area contributed by atoms with Gasteiger partial charge in [-0.2, -0.15) is 0 Å². The third kappa shape index (κ3) is 8.13. The molecule has 5 N–H and O–H groups in total. The lowest BCUT2D eigenvalue weighted by Gasteiger charge is -2.22. The molecule has 18 heteroatoms. The molecule has 1 fully saturated rings. The van der Waals surface area contributed by atoms with E-state index in [0.717, 1.165) is 11.8 Å². The van der Waals surface area contributed by atoms with Gasteiger partial charge in [0.05, 0.1) is 47.9 Å². The number of ether oxygens (including phenoxy) is 2. The van der Waals surface area contributed by atoms with Crippen molar-refractivity contribution in [1.82, 2.24) is 28.2 Å². The Labute approximate surface area is 356 Å².